The number of carbonyl (C=O) groups is 2. The minimum Gasteiger partial charge on any atom is -0.493 e. The standard InChI is InChI=1S/C44H48N8O8/c1-49-23-45-32-18-30(27-9-11-34(55-3)37(15-27)57-5)47-43(41(32)49)59-22-26-14-39(53)51(20-26)52-21-29(17-40(52)54)36(13-25-7-8-25)60-44-42-33(46-24-50(42)2)19-31(48-44)28-10-12-35(56-4)38(16-28)58-6/h9-12,15-16,18-19,23-26,29,36H,7-8,13-14,17,20-22H2,1-6H3/t26-,29-,36-/m1/s1. The monoisotopic (exact) mass is 816 g/mol. The van der Waals surface area contributed by atoms with E-state index >= 15 is 0 Å². The number of benzene rings is 2. The highest BCUT2D eigenvalue weighted by atomic mass is 16.5. The Morgan fingerprint density at radius 3 is 1.75 bits per heavy atom. The number of hydrogen-bond donors (Lipinski definition) is 0. The number of pyridine rings is 2. The molecule has 0 radical (unpaired) electrons. The fourth-order valence-corrected chi connectivity index (χ4v) is 8.41. The summed E-state index contributed by atoms with van der Waals surface area (Å²) in [4.78, 5) is 46.6. The Bertz CT molecular complexity index is 2600. The molecule has 0 N–H and O–H groups in total. The second kappa shape index (κ2) is 15.9. The van der Waals surface area contributed by atoms with Crippen LogP contribution in [0.2, 0.25) is 0 Å². The molecule has 312 valence electrons. The lowest BCUT2D eigenvalue weighted by molar-refractivity contribution is -0.155. The van der Waals surface area contributed by atoms with Gasteiger partial charge >= 0.3 is 0 Å². The van der Waals surface area contributed by atoms with E-state index in [-0.39, 0.29) is 49.2 Å². The summed E-state index contributed by atoms with van der Waals surface area (Å²) in [6, 6.07) is 15.1. The van der Waals surface area contributed by atoms with Crippen LogP contribution in [0.15, 0.2) is 61.2 Å². The van der Waals surface area contributed by atoms with Crippen LogP contribution < -0.4 is 28.4 Å². The van der Waals surface area contributed by atoms with E-state index in [1.165, 1.54) is 0 Å². The molecular formula is C44H48N8O8. The van der Waals surface area contributed by atoms with Crippen molar-refractivity contribution in [2.75, 3.05) is 48.1 Å². The van der Waals surface area contributed by atoms with Crippen LogP contribution in [0, 0.1) is 17.8 Å². The number of methoxy groups -OCH3 is 4. The van der Waals surface area contributed by atoms with Crippen LogP contribution in [0.4, 0.5) is 0 Å². The van der Waals surface area contributed by atoms with Gasteiger partial charge in [0.25, 0.3) is 0 Å². The minimum absolute atomic E-state index is 0.0992. The Morgan fingerprint density at radius 2 is 1.18 bits per heavy atom. The molecule has 2 saturated heterocycles. The van der Waals surface area contributed by atoms with Crippen molar-refractivity contribution in [3.8, 4) is 57.3 Å². The molecule has 3 atom stereocenters. The molecule has 1 aliphatic carbocycles. The molecule has 16 heteroatoms. The third-order valence-electron chi connectivity index (χ3n) is 11.8. The number of ether oxygens (including phenoxy) is 6. The van der Waals surface area contributed by atoms with Crippen molar-refractivity contribution in [1.82, 2.24) is 39.1 Å². The molecule has 60 heavy (non-hydrogen) atoms. The number of hydrogen-bond acceptors (Lipinski definition) is 12. The highest BCUT2D eigenvalue weighted by Crippen LogP contribution is 2.41. The Morgan fingerprint density at radius 1 is 0.650 bits per heavy atom. The normalized spacial score (nSPS) is 18.4. The van der Waals surface area contributed by atoms with Crippen molar-refractivity contribution >= 4 is 33.9 Å². The van der Waals surface area contributed by atoms with Gasteiger partial charge in [-0.2, -0.15) is 0 Å². The lowest BCUT2D eigenvalue weighted by Crippen LogP contribution is -2.45. The molecule has 3 aliphatic rings. The van der Waals surface area contributed by atoms with Gasteiger partial charge in [-0.3, -0.25) is 19.6 Å². The topological polar surface area (TPSA) is 157 Å². The lowest BCUT2D eigenvalue weighted by atomic mass is 9.96. The number of aryl methyl sites for hydroxylation is 2. The molecule has 16 nitrogen and oxygen atoms in total. The van der Waals surface area contributed by atoms with Crippen LogP contribution >= 0.6 is 0 Å². The molecule has 2 aliphatic heterocycles. The third kappa shape index (κ3) is 7.34. The molecule has 0 bridgehead atoms. The maximum Gasteiger partial charge on any atom is 0.241 e. The summed E-state index contributed by atoms with van der Waals surface area (Å²) in [5.41, 5.74) is 5.94. The molecule has 2 amide bonds. The molecule has 9 rings (SSSR count). The number of fused-ring (bicyclic) bond motifs is 2. The van der Waals surface area contributed by atoms with Gasteiger partial charge in [-0.1, -0.05) is 12.8 Å². The van der Waals surface area contributed by atoms with E-state index in [1.807, 2.05) is 71.8 Å². The van der Waals surface area contributed by atoms with Gasteiger partial charge in [0.15, 0.2) is 23.0 Å². The van der Waals surface area contributed by atoms with Gasteiger partial charge in [-0.15, -0.1) is 0 Å². The summed E-state index contributed by atoms with van der Waals surface area (Å²) in [6.45, 7) is 0.941. The van der Waals surface area contributed by atoms with Gasteiger partial charge in [0.1, 0.15) is 17.1 Å². The Labute approximate surface area is 346 Å². The summed E-state index contributed by atoms with van der Waals surface area (Å²) in [7, 11) is 10.2. The molecular weight excluding hydrogens is 769 g/mol. The third-order valence-corrected chi connectivity index (χ3v) is 11.8. The van der Waals surface area contributed by atoms with E-state index in [1.54, 1.807) is 51.1 Å². The minimum atomic E-state index is -0.306. The van der Waals surface area contributed by atoms with E-state index < -0.39 is 0 Å². The summed E-state index contributed by atoms with van der Waals surface area (Å²) < 4.78 is 39.1. The lowest BCUT2D eigenvalue weighted by Gasteiger charge is -2.30. The van der Waals surface area contributed by atoms with Crippen LogP contribution in [-0.2, 0) is 23.7 Å². The largest absolute Gasteiger partial charge is 0.493 e. The first-order chi connectivity index (χ1) is 29.1. The second-order valence-electron chi connectivity index (χ2n) is 15.8. The first-order valence-corrected chi connectivity index (χ1v) is 20.1. The summed E-state index contributed by atoms with van der Waals surface area (Å²) in [5.74, 6) is 3.23. The van der Waals surface area contributed by atoms with Gasteiger partial charge in [-0.25, -0.2) is 19.9 Å². The number of carbonyl (C=O) groups excluding carboxylic acids is 2. The SMILES string of the molecule is COc1ccc(-c2cc3ncn(C)c3c(OC[C@@H]3CC(=O)N(N4C[C@H]([C@@H](CC5CC5)Oc5nc(-c6ccc(OC)c(OC)c6)cc6ncn(C)c56)CC4=O)C3)n2)cc1OC. The van der Waals surface area contributed by atoms with Crippen molar-refractivity contribution in [2.24, 2.45) is 31.8 Å². The van der Waals surface area contributed by atoms with Crippen LogP contribution in [-0.4, -0.2) is 105 Å². The van der Waals surface area contributed by atoms with Crippen molar-refractivity contribution < 1.29 is 38.0 Å². The number of imidazole rings is 2. The quantitative estimate of drug-likeness (QED) is 0.122. The van der Waals surface area contributed by atoms with E-state index in [0.717, 1.165) is 52.5 Å². The number of rotatable bonds is 15. The van der Waals surface area contributed by atoms with Crippen LogP contribution in [0.1, 0.15) is 32.1 Å². The van der Waals surface area contributed by atoms with Gasteiger partial charge in [0, 0.05) is 63.0 Å². The average Bonchev–Trinajstić information content (AvgIpc) is 3.48. The van der Waals surface area contributed by atoms with E-state index in [4.69, 9.17) is 38.4 Å². The van der Waals surface area contributed by atoms with Crippen molar-refractivity contribution in [3.63, 3.8) is 0 Å². The molecule has 0 unspecified atom stereocenters. The number of hydrazine groups is 1. The molecule has 0 spiro atoms. The first-order valence-electron chi connectivity index (χ1n) is 20.1. The predicted octanol–water partition coefficient (Wildman–Crippen LogP) is 5.86. The van der Waals surface area contributed by atoms with Crippen LogP contribution in [0.25, 0.3) is 44.6 Å². The van der Waals surface area contributed by atoms with Crippen molar-refractivity contribution in [1.29, 1.82) is 0 Å². The Balaban J connectivity index is 0.921. The Kier molecular flexibility index (Phi) is 10.3. The van der Waals surface area contributed by atoms with Gasteiger partial charge in [-0.05, 0) is 60.9 Å². The van der Waals surface area contributed by atoms with Crippen LogP contribution in [0.3, 0.4) is 0 Å². The van der Waals surface area contributed by atoms with E-state index in [9.17, 15) is 9.59 Å². The average molecular weight is 817 g/mol. The number of aromatic nitrogens is 6. The zero-order chi connectivity index (χ0) is 41.7. The highest BCUT2D eigenvalue weighted by molar-refractivity contribution is 5.87. The van der Waals surface area contributed by atoms with Gasteiger partial charge in [0.2, 0.25) is 23.6 Å². The summed E-state index contributed by atoms with van der Waals surface area (Å²) in [5, 5.41) is 3.23. The zero-order valence-electron chi connectivity index (χ0n) is 34.6. The maximum absolute atomic E-state index is 13.8. The summed E-state index contributed by atoms with van der Waals surface area (Å²) in [6.07, 6.45) is 6.69. The highest BCUT2D eigenvalue weighted by Gasteiger charge is 2.45. The Hall–Kier alpha value is -6.58. The molecule has 4 aromatic heterocycles. The van der Waals surface area contributed by atoms with E-state index in [2.05, 4.69) is 9.97 Å². The summed E-state index contributed by atoms with van der Waals surface area (Å²) >= 11 is 0. The van der Waals surface area contributed by atoms with Crippen molar-refractivity contribution in [2.45, 2.75) is 38.2 Å². The smallest absolute Gasteiger partial charge is 0.241 e. The van der Waals surface area contributed by atoms with Gasteiger partial charge in [0.05, 0.1) is 70.1 Å². The van der Waals surface area contributed by atoms with E-state index in [0.29, 0.717) is 65.2 Å². The molecule has 6 aromatic rings. The number of amides is 2. The zero-order valence-corrected chi connectivity index (χ0v) is 34.6. The first kappa shape index (κ1) is 38.9. The van der Waals surface area contributed by atoms with Gasteiger partial charge < -0.3 is 37.6 Å². The fourth-order valence-electron chi connectivity index (χ4n) is 8.41. The number of nitrogens with zero attached hydrogens (tertiary/aromatic N) is 8. The molecule has 1 saturated carbocycles. The molecule has 3 fully saturated rings. The van der Waals surface area contributed by atoms with Crippen LogP contribution in [0.5, 0.6) is 34.8 Å². The molecule has 2 aromatic carbocycles. The second-order valence-corrected chi connectivity index (χ2v) is 15.8. The van der Waals surface area contributed by atoms with Crippen molar-refractivity contribution in [3.05, 3.63) is 61.2 Å². The fraction of sp³-hybridized carbons (Fsp3) is 0.409. The maximum atomic E-state index is 13.8. The molecule has 6 heterocycles. The predicted molar refractivity (Wildman–Crippen MR) is 221 cm³/mol.